The summed E-state index contributed by atoms with van der Waals surface area (Å²) in [6.45, 7) is 0. The van der Waals surface area contributed by atoms with Crippen LogP contribution in [0.4, 0.5) is 0 Å². The molecule has 0 saturated heterocycles. The third-order valence-electron chi connectivity index (χ3n) is 9.78. The van der Waals surface area contributed by atoms with Crippen LogP contribution in [0.15, 0.2) is 164 Å². The Morgan fingerprint density at radius 3 is 1.74 bits per heavy atom. The zero-order valence-corrected chi connectivity index (χ0v) is 25.0. The van der Waals surface area contributed by atoms with E-state index in [-0.39, 0.29) is 0 Å². The summed E-state index contributed by atoms with van der Waals surface area (Å²) in [5, 5.41) is 10.1. The summed E-state index contributed by atoms with van der Waals surface area (Å²) in [5.74, 6) is 0. The lowest BCUT2D eigenvalue weighted by molar-refractivity contribution is 1.36. The summed E-state index contributed by atoms with van der Waals surface area (Å²) >= 11 is 0. The summed E-state index contributed by atoms with van der Waals surface area (Å²) in [4.78, 5) is 4.93. The molecule has 8 aromatic carbocycles. The Kier molecular flexibility index (Phi) is 5.35. The maximum absolute atomic E-state index is 4.93. The average molecular weight is 582 g/mol. The second-order valence-corrected chi connectivity index (χ2v) is 12.3. The maximum atomic E-state index is 4.93. The molecule has 46 heavy (non-hydrogen) atoms. The van der Waals surface area contributed by atoms with E-state index in [9.17, 15) is 0 Å². The Balaban J connectivity index is 1.40. The van der Waals surface area contributed by atoms with Crippen molar-refractivity contribution in [3.05, 3.63) is 164 Å². The van der Waals surface area contributed by atoms with Gasteiger partial charge in [0.05, 0.1) is 5.69 Å². The predicted octanol–water partition coefficient (Wildman–Crippen LogP) is 12.3. The third-order valence-corrected chi connectivity index (χ3v) is 9.78. The first-order chi connectivity index (χ1) is 22.8. The number of hydrogen-bond acceptors (Lipinski definition) is 1. The Bertz CT molecular complexity index is 2670. The van der Waals surface area contributed by atoms with Gasteiger partial charge in [-0.1, -0.05) is 140 Å². The van der Waals surface area contributed by atoms with Crippen LogP contribution in [0, 0.1) is 0 Å². The monoisotopic (exact) mass is 581 g/mol. The highest BCUT2D eigenvalue weighted by Crippen LogP contribution is 2.58. The van der Waals surface area contributed by atoms with E-state index in [1.54, 1.807) is 0 Å². The maximum Gasteiger partial charge on any atom is 0.0708 e. The van der Waals surface area contributed by atoms with E-state index < -0.39 is 0 Å². The number of rotatable bonds is 3. The van der Waals surface area contributed by atoms with Crippen molar-refractivity contribution >= 4 is 43.1 Å². The number of nitrogens with zero attached hydrogens (tertiary/aromatic N) is 1. The Morgan fingerprint density at radius 2 is 0.957 bits per heavy atom. The lowest BCUT2D eigenvalue weighted by atomic mass is 9.82. The van der Waals surface area contributed by atoms with E-state index >= 15 is 0 Å². The minimum atomic E-state index is 0.984. The van der Waals surface area contributed by atoms with Gasteiger partial charge in [0.25, 0.3) is 0 Å². The van der Waals surface area contributed by atoms with Gasteiger partial charge in [0.2, 0.25) is 0 Å². The van der Waals surface area contributed by atoms with Crippen molar-refractivity contribution in [1.29, 1.82) is 0 Å². The van der Waals surface area contributed by atoms with Crippen LogP contribution in [-0.4, -0.2) is 4.98 Å². The summed E-state index contributed by atoms with van der Waals surface area (Å²) in [6, 6.07) is 57.6. The summed E-state index contributed by atoms with van der Waals surface area (Å²) in [5.41, 5.74) is 12.4. The van der Waals surface area contributed by atoms with E-state index in [0.29, 0.717) is 0 Å². The molecular weight excluding hydrogens is 555 g/mol. The molecule has 1 aliphatic carbocycles. The minimum Gasteiger partial charge on any atom is -0.256 e. The summed E-state index contributed by atoms with van der Waals surface area (Å²) < 4.78 is 0. The lowest BCUT2D eigenvalue weighted by Crippen LogP contribution is -1.94. The van der Waals surface area contributed by atoms with Gasteiger partial charge in [0.1, 0.15) is 0 Å². The molecule has 0 radical (unpaired) electrons. The molecule has 0 fully saturated rings. The Morgan fingerprint density at radius 1 is 0.326 bits per heavy atom. The van der Waals surface area contributed by atoms with Gasteiger partial charge in [-0.2, -0.15) is 0 Å². The molecule has 0 atom stereocenters. The van der Waals surface area contributed by atoms with Crippen molar-refractivity contribution in [3.8, 4) is 55.8 Å². The standard InChI is InChI=1S/C45H27N/c1-3-12-28(13-4-1)41-36-23-22-32(40-26-30-16-7-8-18-33(30)27-46-40)25-38(36)42(29-14-5-2-6-15-29)44-37-21-11-20-35-34-19-10-9-17-31(34)24-39(43(35)37)45(41)44/h1-27H. The van der Waals surface area contributed by atoms with Crippen molar-refractivity contribution in [2.24, 2.45) is 0 Å². The fourth-order valence-corrected chi connectivity index (χ4v) is 7.81. The summed E-state index contributed by atoms with van der Waals surface area (Å²) in [6.07, 6.45) is 1.99. The highest BCUT2D eigenvalue weighted by Gasteiger charge is 2.31. The van der Waals surface area contributed by atoms with E-state index in [1.807, 2.05) is 6.20 Å². The molecule has 1 nitrogen and oxygen atoms in total. The molecule has 1 heteroatoms. The van der Waals surface area contributed by atoms with Gasteiger partial charge >= 0.3 is 0 Å². The highest BCUT2D eigenvalue weighted by atomic mass is 14.7. The molecule has 1 aliphatic rings. The number of pyridine rings is 1. The first kappa shape index (κ1) is 25.3. The number of benzene rings is 8. The van der Waals surface area contributed by atoms with Gasteiger partial charge in [-0.15, -0.1) is 0 Å². The van der Waals surface area contributed by atoms with Crippen LogP contribution in [0.2, 0.25) is 0 Å². The van der Waals surface area contributed by atoms with Gasteiger partial charge in [0, 0.05) is 17.1 Å². The van der Waals surface area contributed by atoms with Crippen LogP contribution >= 0.6 is 0 Å². The Hall–Kier alpha value is -6.05. The topological polar surface area (TPSA) is 12.9 Å². The van der Waals surface area contributed by atoms with Gasteiger partial charge in [-0.25, -0.2) is 0 Å². The first-order valence-electron chi connectivity index (χ1n) is 15.9. The van der Waals surface area contributed by atoms with Crippen LogP contribution in [0.1, 0.15) is 0 Å². The smallest absolute Gasteiger partial charge is 0.0708 e. The van der Waals surface area contributed by atoms with Crippen LogP contribution in [0.5, 0.6) is 0 Å². The molecule has 212 valence electrons. The average Bonchev–Trinajstić information content (AvgIpc) is 3.45. The second-order valence-electron chi connectivity index (χ2n) is 12.3. The normalized spacial score (nSPS) is 11.9. The van der Waals surface area contributed by atoms with Crippen molar-refractivity contribution < 1.29 is 0 Å². The molecule has 10 rings (SSSR count). The molecule has 9 aromatic rings. The van der Waals surface area contributed by atoms with E-state index in [2.05, 4.69) is 158 Å². The van der Waals surface area contributed by atoms with Crippen LogP contribution < -0.4 is 0 Å². The molecule has 0 N–H and O–H groups in total. The van der Waals surface area contributed by atoms with Crippen LogP contribution in [0.3, 0.4) is 0 Å². The minimum absolute atomic E-state index is 0.984. The van der Waals surface area contributed by atoms with E-state index in [0.717, 1.165) is 16.6 Å². The molecule has 1 heterocycles. The van der Waals surface area contributed by atoms with Gasteiger partial charge in [-0.05, 0) is 100 Å². The SMILES string of the molecule is c1ccc(-c2c3c(c(-c4ccccc4)c4cc(-c5cc6ccccc6cn5)ccc24)-c2cccc4c2c-3cc2ccccc24)cc1. The number of aromatic nitrogens is 1. The fraction of sp³-hybridized carbons (Fsp3) is 0. The van der Waals surface area contributed by atoms with Crippen molar-refractivity contribution in [2.45, 2.75) is 0 Å². The molecule has 0 spiro atoms. The second kappa shape index (κ2) is 9.72. The molecule has 0 unspecified atom stereocenters. The zero-order chi connectivity index (χ0) is 30.2. The van der Waals surface area contributed by atoms with Gasteiger partial charge in [-0.3, -0.25) is 4.98 Å². The number of hydrogen-bond donors (Lipinski definition) is 0. The first-order valence-corrected chi connectivity index (χ1v) is 15.9. The van der Waals surface area contributed by atoms with Crippen LogP contribution in [-0.2, 0) is 0 Å². The fourth-order valence-electron chi connectivity index (χ4n) is 7.81. The Labute approximate surface area is 267 Å². The van der Waals surface area contributed by atoms with E-state index in [4.69, 9.17) is 4.98 Å². The molecule has 0 bridgehead atoms. The van der Waals surface area contributed by atoms with Crippen molar-refractivity contribution in [2.75, 3.05) is 0 Å². The lowest BCUT2D eigenvalue weighted by Gasteiger charge is -2.21. The number of fused-ring (bicyclic) bond motifs is 7. The predicted molar refractivity (Wildman–Crippen MR) is 195 cm³/mol. The zero-order valence-electron chi connectivity index (χ0n) is 25.0. The molecule has 1 aromatic heterocycles. The van der Waals surface area contributed by atoms with E-state index in [1.165, 1.54) is 82.2 Å². The molecular formula is C45H27N. The van der Waals surface area contributed by atoms with Crippen LogP contribution in [0.25, 0.3) is 98.9 Å². The largest absolute Gasteiger partial charge is 0.256 e. The molecule has 0 amide bonds. The molecule has 0 saturated carbocycles. The third kappa shape index (κ3) is 3.60. The highest BCUT2D eigenvalue weighted by molar-refractivity contribution is 6.31. The quantitative estimate of drug-likeness (QED) is 0.189. The van der Waals surface area contributed by atoms with Gasteiger partial charge < -0.3 is 0 Å². The summed E-state index contributed by atoms with van der Waals surface area (Å²) in [7, 11) is 0. The van der Waals surface area contributed by atoms with Gasteiger partial charge in [0.15, 0.2) is 0 Å². The van der Waals surface area contributed by atoms with Crippen molar-refractivity contribution in [3.63, 3.8) is 0 Å². The van der Waals surface area contributed by atoms with Crippen molar-refractivity contribution in [1.82, 2.24) is 4.98 Å². The molecule has 0 aliphatic heterocycles.